The average Bonchev–Trinajstić information content (AvgIpc) is 3.02. The number of unbranched alkanes of at least 4 members (excludes halogenated alkanes) is 20. The topological polar surface area (TPSA) is 105 Å². The van der Waals surface area contributed by atoms with Gasteiger partial charge in [-0.3, -0.25) is 13.8 Å². The summed E-state index contributed by atoms with van der Waals surface area (Å²) in [6, 6.07) is -0.836. The van der Waals surface area contributed by atoms with Gasteiger partial charge in [-0.15, -0.1) is 0 Å². The number of phosphoric acid groups is 1. The van der Waals surface area contributed by atoms with E-state index in [1.807, 2.05) is 39.4 Å². The van der Waals surface area contributed by atoms with Crippen LogP contribution in [0.2, 0.25) is 0 Å². The SMILES string of the molecule is CCCCCCCCCCCCC=CCC(=O)N[C@@H](COP(=O)(O)OCC[N+](C)(C)C)[C@H](O)CC=CCCCCCCCCCCCC. The second-order valence-electron chi connectivity index (χ2n) is 14.7. The fourth-order valence-electron chi connectivity index (χ4n) is 5.48. The first-order valence-electron chi connectivity index (χ1n) is 19.7. The van der Waals surface area contributed by atoms with Gasteiger partial charge >= 0.3 is 7.82 Å². The van der Waals surface area contributed by atoms with E-state index >= 15 is 0 Å². The lowest BCUT2D eigenvalue weighted by atomic mass is 10.0. The number of allylic oxidation sites excluding steroid dienone is 2. The van der Waals surface area contributed by atoms with Crippen molar-refractivity contribution in [1.29, 1.82) is 0 Å². The van der Waals surface area contributed by atoms with Gasteiger partial charge in [-0.25, -0.2) is 4.57 Å². The van der Waals surface area contributed by atoms with Crippen molar-refractivity contribution in [3.8, 4) is 0 Å². The third-order valence-electron chi connectivity index (χ3n) is 8.71. The summed E-state index contributed by atoms with van der Waals surface area (Å²) in [4.78, 5) is 22.9. The third-order valence-corrected chi connectivity index (χ3v) is 9.69. The van der Waals surface area contributed by atoms with Crippen LogP contribution in [-0.2, 0) is 18.4 Å². The summed E-state index contributed by atoms with van der Waals surface area (Å²) in [5.41, 5.74) is 0. The van der Waals surface area contributed by atoms with Gasteiger partial charge in [0.2, 0.25) is 5.91 Å². The van der Waals surface area contributed by atoms with Crippen LogP contribution in [0.25, 0.3) is 0 Å². The number of carbonyl (C=O) groups is 1. The fourth-order valence-corrected chi connectivity index (χ4v) is 6.22. The molecule has 8 nitrogen and oxygen atoms in total. The van der Waals surface area contributed by atoms with Crippen LogP contribution in [0, 0.1) is 0 Å². The van der Waals surface area contributed by atoms with E-state index < -0.39 is 20.0 Å². The summed E-state index contributed by atoms with van der Waals surface area (Å²) in [6.45, 7) is 4.77. The molecule has 1 unspecified atom stereocenters. The van der Waals surface area contributed by atoms with Gasteiger partial charge in [0.15, 0.2) is 0 Å². The van der Waals surface area contributed by atoms with E-state index in [9.17, 15) is 19.4 Å². The van der Waals surface area contributed by atoms with Crippen LogP contribution in [0.4, 0.5) is 0 Å². The van der Waals surface area contributed by atoms with Gasteiger partial charge in [0.25, 0.3) is 0 Å². The molecule has 0 aliphatic heterocycles. The second kappa shape index (κ2) is 31.9. The first-order chi connectivity index (χ1) is 23.0. The summed E-state index contributed by atoms with van der Waals surface area (Å²) in [5.74, 6) is -0.255. The molecule has 0 aromatic carbocycles. The molecular formula is C39H78N2O6P+. The van der Waals surface area contributed by atoms with Crippen molar-refractivity contribution in [2.24, 2.45) is 0 Å². The molecule has 0 spiro atoms. The summed E-state index contributed by atoms with van der Waals surface area (Å²) >= 11 is 0. The molecule has 284 valence electrons. The number of nitrogens with one attached hydrogen (secondary N) is 1. The van der Waals surface area contributed by atoms with Crippen LogP contribution >= 0.6 is 7.82 Å². The van der Waals surface area contributed by atoms with Crippen molar-refractivity contribution >= 4 is 13.7 Å². The molecule has 0 aromatic rings. The van der Waals surface area contributed by atoms with E-state index in [4.69, 9.17) is 9.05 Å². The first kappa shape index (κ1) is 47.0. The van der Waals surface area contributed by atoms with E-state index in [1.54, 1.807) is 0 Å². The number of hydrogen-bond acceptors (Lipinski definition) is 5. The van der Waals surface area contributed by atoms with E-state index in [0.29, 0.717) is 17.4 Å². The van der Waals surface area contributed by atoms with Crippen molar-refractivity contribution in [2.75, 3.05) is 40.9 Å². The minimum absolute atomic E-state index is 0.0579. The molecule has 0 saturated carbocycles. The van der Waals surface area contributed by atoms with Gasteiger partial charge in [-0.2, -0.15) is 0 Å². The maximum absolute atomic E-state index is 12.7. The molecule has 0 aliphatic carbocycles. The Kier molecular flexibility index (Phi) is 31.2. The van der Waals surface area contributed by atoms with Crippen LogP contribution in [0.5, 0.6) is 0 Å². The zero-order valence-electron chi connectivity index (χ0n) is 32.0. The molecule has 0 saturated heterocycles. The van der Waals surface area contributed by atoms with Crippen LogP contribution in [-0.4, -0.2) is 73.4 Å². The van der Waals surface area contributed by atoms with Gasteiger partial charge in [-0.1, -0.05) is 154 Å². The van der Waals surface area contributed by atoms with Crippen LogP contribution in [0.1, 0.15) is 168 Å². The fraction of sp³-hybridized carbons (Fsp3) is 0.872. The minimum Gasteiger partial charge on any atom is -0.391 e. The second-order valence-corrected chi connectivity index (χ2v) is 16.1. The van der Waals surface area contributed by atoms with Crippen LogP contribution in [0.3, 0.4) is 0 Å². The molecule has 0 bridgehead atoms. The number of rotatable bonds is 35. The van der Waals surface area contributed by atoms with Crippen LogP contribution < -0.4 is 5.32 Å². The van der Waals surface area contributed by atoms with E-state index in [-0.39, 0.29) is 25.5 Å². The Morgan fingerprint density at radius 1 is 0.688 bits per heavy atom. The highest BCUT2D eigenvalue weighted by atomic mass is 31.2. The lowest BCUT2D eigenvalue weighted by molar-refractivity contribution is -0.870. The summed E-state index contributed by atoms with van der Waals surface area (Å²) < 4.78 is 23.4. The highest BCUT2D eigenvalue weighted by Crippen LogP contribution is 2.43. The number of likely N-dealkylation sites (N-methyl/N-ethyl adjacent to an activating group) is 1. The summed E-state index contributed by atoms with van der Waals surface area (Å²) in [5, 5.41) is 13.7. The quantitative estimate of drug-likeness (QED) is 0.0263. The Hall–Kier alpha value is -1.02. The number of phosphoric ester groups is 1. The predicted octanol–water partition coefficient (Wildman–Crippen LogP) is 10.2. The number of aliphatic hydroxyl groups excluding tert-OH is 1. The Balaban J connectivity index is 4.58. The molecule has 1 amide bonds. The van der Waals surface area contributed by atoms with Crippen molar-refractivity contribution in [3.63, 3.8) is 0 Å². The van der Waals surface area contributed by atoms with Crippen molar-refractivity contribution in [2.45, 2.75) is 180 Å². The monoisotopic (exact) mass is 702 g/mol. The van der Waals surface area contributed by atoms with Crippen LogP contribution in [0.15, 0.2) is 24.3 Å². The van der Waals surface area contributed by atoms with Crippen molar-refractivity contribution < 1.29 is 32.9 Å². The lowest BCUT2D eigenvalue weighted by Crippen LogP contribution is -2.46. The van der Waals surface area contributed by atoms with Gasteiger partial charge in [0.05, 0.1) is 39.9 Å². The number of carbonyl (C=O) groups excluding carboxylic acids is 1. The number of amides is 1. The molecule has 3 N–H and O–H groups in total. The predicted molar refractivity (Wildman–Crippen MR) is 203 cm³/mol. The number of quaternary nitrogens is 1. The number of nitrogens with zero attached hydrogens (tertiary/aromatic N) is 1. The molecule has 0 aliphatic rings. The number of hydrogen-bond donors (Lipinski definition) is 3. The van der Waals surface area contributed by atoms with E-state index in [2.05, 4.69) is 25.2 Å². The molecule has 48 heavy (non-hydrogen) atoms. The molecule has 0 radical (unpaired) electrons. The molecule has 0 heterocycles. The average molecular weight is 702 g/mol. The normalized spacial score (nSPS) is 14.9. The zero-order chi connectivity index (χ0) is 35.8. The molecule has 9 heteroatoms. The Bertz CT molecular complexity index is 845. The van der Waals surface area contributed by atoms with Gasteiger partial charge < -0.3 is 19.8 Å². The molecular weight excluding hydrogens is 623 g/mol. The summed E-state index contributed by atoms with van der Waals surface area (Å²) in [6.07, 6.45) is 35.3. The standard InChI is InChI=1S/C39H77N2O6P/c1-6-8-10-12-14-16-18-20-22-24-26-28-30-32-38(42)37(36-47-48(44,45)46-35-34-41(3,4)5)40-39(43)33-31-29-27-25-23-21-19-17-15-13-11-9-7-2/h28-31,37-38,42H,6-27,32-36H2,1-5H3,(H-,40,43,44,45)/p+1/t37-,38+/m0/s1. The van der Waals surface area contributed by atoms with Crippen molar-refractivity contribution in [3.05, 3.63) is 24.3 Å². The van der Waals surface area contributed by atoms with Crippen molar-refractivity contribution in [1.82, 2.24) is 5.32 Å². The molecule has 0 rings (SSSR count). The number of aliphatic hydroxyl groups is 1. The maximum Gasteiger partial charge on any atom is 0.472 e. The molecule has 0 aromatic heterocycles. The molecule has 0 fully saturated rings. The highest BCUT2D eigenvalue weighted by Gasteiger charge is 2.28. The first-order valence-corrected chi connectivity index (χ1v) is 21.2. The summed E-state index contributed by atoms with van der Waals surface area (Å²) in [7, 11) is 1.56. The lowest BCUT2D eigenvalue weighted by Gasteiger charge is -2.26. The largest absolute Gasteiger partial charge is 0.472 e. The molecule has 3 atom stereocenters. The maximum atomic E-state index is 12.7. The zero-order valence-corrected chi connectivity index (χ0v) is 32.9. The minimum atomic E-state index is -4.33. The third kappa shape index (κ3) is 33.5. The Labute approximate surface area is 296 Å². The smallest absolute Gasteiger partial charge is 0.391 e. The van der Waals surface area contributed by atoms with Gasteiger partial charge in [-0.05, 0) is 32.1 Å². The highest BCUT2D eigenvalue weighted by molar-refractivity contribution is 7.47. The van der Waals surface area contributed by atoms with Gasteiger partial charge in [0.1, 0.15) is 13.2 Å². The van der Waals surface area contributed by atoms with E-state index in [1.165, 1.54) is 116 Å². The van der Waals surface area contributed by atoms with E-state index in [0.717, 1.165) is 25.7 Å². The Morgan fingerprint density at radius 3 is 1.58 bits per heavy atom. The van der Waals surface area contributed by atoms with Gasteiger partial charge in [0, 0.05) is 6.42 Å². The Morgan fingerprint density at radius 2 is 1.12 bits per heavy atom.